The Morgan fingerprint density at radius 3 is 2.12 bits per heavy atom. The van der Waals surface area contributed by atoms with Gasteiger partial charge in [0.2, 0.25) is 0 Å². The summed E-state index contributed by atoms with van der Waals surface area (Å²) < 4.78 is 62.3. The summed E-state index contributed by atoms with van der Waals surface area (Å²) >= 11 is 0. The standard InChI is InChI=1S/C10H10F5NO/c11-6-2-1-3-7(12)9(6)8(4-17)16-5-10(13,14)15/h1-3,8,16-17H,4-5H2. The highest BCUT2D eigenvalue weighted by Gasteiger charge is 2.29. The fourth-order valence-electron chi connectivity index (χ4n) is 1.34. The zero-order valence-corrected chi connectivity index (χ0v) is 8.56. The molecule has 1 aromatic carbocycles. The molecule has 96 valence electrons. The lowest BCUT2D eigenvalue weighted by Gasteiger charge is -2.19. The lowest BCUT2D eigenvalue weighted by atomic mass is 10.1. The van der Waals surface area contributed by atoms with Crippen molar-refractivity contribution in [3.05, 3.63) is 35.4 Å². The van der Waals surface area contributed by atoms with Crippen molar-refractivity contribution in [1.29, 1.82) is 0 Å². The Hall–Kier alpha value is -1.21. The van der Waals surface area contributed by atoms with Gasteiger partial charge in [-0.15, -0.1) is 0 Å². The van der Waals surface area contributed by atoms with E-state index in [0.29, 0.717) is 0 Å². The monoisotopic (exact) mass is 255 g/mol. The molecule has 0 aliphatic carbocycles. The number of alkyl halides is 3. The van der Waals surface area contributed by atoms with E-state index in [1.165, 1.54) is 0 Å². The molecular weight excluding hydrogens is 245 g/mol. The van der Waals surface area contributed by atoms with E-state index in [-0.39, 0.29) is 0 Å². The summed E-state index contributed by atoms with van der Waals surface area (Å²) in [4.78, 5) is 0. The van der Waals surface area contributed by atoms with Crippen LogP contribution < -0.4 is 5.32 Å². The fourth-order valence-corrected chi connectivity index (χ4v) is 1.34. The van der Waals surface area contributed by atoms with Gasteiger partial charge in [0, 0.05) is 5.56 Å². The van der Waals surface area contributed by atoms with Crippen molar-refractivity contribution in [2.75, 3.05) is 13.2 Å². The third-order valence-electron chi connectivity index (χ3n) is 2.08. The third kappa shape index (κ3) is 3.94. The molecule has 0 saturated carbocycles. The Morgan fingerprint density at radius 1 is 1.18 bits per heavy atom. The number of rotatable bonds is 4. The van der Waals surface area contributed by atoms with E-state index >= 15 is 0 Å². The van der Waals surface area contributed by atoms with Crippen LogP contribution in [0.4, 0.5) is 22.0 Å². The second-order valence-corrected chi connectivity index (χ2v) is 3.37. The molecule has 0 amide bonds. The van der Waals surface area contributed by atoms with Gasteiger partial charge in [0.15, 0.2) is 0 Å². The van der Waals surface area contributed by atoms with Crippen LogP contribution in [-0.4, -0.2) is 24.4 Å². The van der Waals surface area contributed by atoms with Crippen molar-refractivity contribution in [1.82, 2.24) is 5.32 Å². The molecule has 1 atom stereocenters. The number of benzene rings is 1. The molecule has 0 saturated heterocycles. The molecule has 0 fully saturated rings. The number of nitrogens with one attached hydrogen (secondary N) is 1. The van der Waals surface area contributed by atoms with Crippen LogP contribution in [0.25, 0.3) is 0 Å². The van der Waals surface area contributed by atoms with Crippen LogP contribution in [0.3, 0.4) is 0 Å². The Balaban J connectivity index is 2.87. The van der Waals surface area contributed by atoms with Crippen molar-refractivity contribution in [2.45, 2.75) is 12.2 Å². The van der Waals surface area contributed by atoms with Crippen LogP contribution in [0.15, 0.2) is 18.2 Å². The molecule has 0 spiro atoms. The first-order chi connectivity index (χ1) is 7.85. The average molecular weight is 255 g/mol. The Bertz CT molecular complexity index is 359. The lowest BCUT2D eigenvalue weighted by Crippen LogP contribution is -2.34. The molecule has 1 rings (SSSR count). The van der Waals surface area contributed by atoms with Gasteiger partial charge in [-0.25, -0.2) is 8.78 Å². The maximum Gasteiger partial charge on any atom is 0.401 e. The maximum absolute atomic E-state index is 13.2. The van der Waals surface area contributed by atoms with Crippen molar-refractivity contribution in [2.24, 2.45) is 0 Å². The summed E-state index contributed by atoms with van der Waals surface area (Å²) in [6.07, 6.45) is -4.52. The number of hydrogen-bond donors (Lipinski definition) is 2. The first-order valence-corrected chi connectivity index (χ1v) is 4.70. The smallest absolute Gasteiger partial charge is 0.394 e. The molecule has 2 N–H and O–H groups in total. The number of aliphatic hydroxyl groups excluding tert-OH is 1. The summed E-state index contributed by atoms with van der Waals surface area (Å²) in [5, 5.41) is 10.7. The van der Waals surface area contributed by atoms with Crippen LogP contribution in [0.1, 0.15) is 11.6 Å². The van der Waals surface area contributed by atoms with Crippen molar-refractivity contribution in [3.63, 3.8) is 0 Å². The van der Waals surface area contributed by atoms with E-state index in [0.717, 1.165) is 18.2 Å². The predicted octanol–water partition coefficient (Wildman–Crippen LogP) is 2.15. The summed E-state index contributed by atoms with van der Waals surface area (Å²) in [5.74, 6) is -2.00. The minimum Gasteiger partial charge on any atom is -0.394 e. The molecule has 0 heterocycles. The van der Waals surface area contributed by atoms with Crippen LogP contribution in [0, 0.1) is 11.6 Å². The summed E-state index contributed by atoms with van der Waals surface area (Å²) in [6, 6.07) is 1.48. The Labute approximate surface area is 94.1 Å². The Kier molecular flexibility index (Phi) is 4.41. The van der Waals surface area contributed by atoms with E-state index < -0.39 is 42.6 Å². The fraction of sp³-hybridized carbons (Fsp3) is 0.400. The van der Waals surface area contributed by atoms with Gasteiger partial charge in [-0.1, -0.05) is 6.07 Å². The minimum absolute atomic E-state index is 0.598. The molecule has 17 heavy (non-hydrogen) atoms. The van der Waals surface area contributed by atoms with Gasteiger partial charge in [-0.2, -0.15) is 13.2 Å². The molecule has 7 heteroatoms. The van der Waals surface area contributed by atoms with Gasteiger partial charge >= 0.3 is 6.18 Å². The van der Waals surface area contributed by atoms with E-state index in [9.17, 15) is 22.0 Å². The van der Waals surface area contributed by atoms with Gasteiger partial charge < -0.3 is 5.11 Å². The van der Waals surface area contributed by atoms with Crippen molar-refractivity contribution < 1.29 is 27.1 Å². The zero-order valence-electron chi connectivity index (χ0n) is 8.56. The van der Waals surface area contributed by atoms with Crippen molar-refractivity contribution >= 4 is 0 Å². The van der Waals surface area contributed by atoms with Crippen molar-refractivity contribution in [3.8, 4) is 0 Å². The summed E-state index contributed by atoms with van der Waals surface area (Å²) in [5.41, 5.74) is -0.598. The maximum atomic E-state index is 13.2. The normalized spacial score (nSPS) is 13.8. The predicted molar refractivity (Wildman–Crippen MR) is 50.2 cm³/mol. The van der Waals surface area contributed by atoms with Crippen LogP contribution in [0.5, 0.6) is 0 Å². The lowest BCUT2D eigenvalue weighted by molar-refractivity contribution is -0.126. The zero-order chi connectivity index (χ0) is 13.1. The highest BCUT2D eigenvalue weighted by molar-refractivity contribution is 5.23. The molecule has 0 aliphatic heterocycles. The molecule has 2 nitrogen and oxygen atoms in total. The van der Waals surface area contributed by atoms with E-state index in [1.54, 1.807) is 0 Å². The molecule has 0 aromatic heterocycles. The third-order valence-corrected chi connectivity index (χ3v) is 2.08. The van der Waals surface area contributed by atoms with E-state index in [4.69, 9.17) is 5.11 Å². The number of aliphatic hydroxyl groups is 1. The second kappa shape index (κ2) is 5.42. The second-order valence-electron chi connectivity index (χ2n) is 3.37. The number of halogens is 5. The molecule has 1 unspecified atom stereocenters. The Morgan fingerprint density at radius 2 is 1.71 bits per heavy atom. The van der Waals surface area contributed by atoms with Crippen LogP contribution in [-0.2, 0) is 0 Å². The van der Waals surface area contributed by atoms with Gasteiger partial charge in [-0.3, -0.25) is 5.32 Å². The van der Waals surface area contributed by atoms with Gasteiger partial charge in [-0.05, 0) is 12.1 Å². The molecular formula is C10H10F5NO. The molecule has 1 aromatic rings. The topological polar surface area (TPSA) is 32.3 Å². The molecule has 0 bridgehead atoms. The highest BCUT2D eigenvalue weighted by atomic mass is 19.4. The van der Waals surface area contributed by atoms with E-state index in [2.05, 4.69) is 0 Å². The van der Waals surface area contributed by atoms with Crippen LogP contribution in [0.2, 0.25) is 0 Å². The van der Waals surface area contributed by atoms with Gasteiger partial charge in [0.1, 0.15) is 11.6 Å². The van der Waals surface area contributed by atoms with Gasteiger partial charge in [0.25, 0.3) is 0 Å². The molecule has 0 radical (unpaired) electrons. The minimum atomic E-state index is -4.52. The largest absolute Gasteiger partial charge is 0.401 e. The summed E-state index contributed by atoms with van der Waals surface area (Å²) in [6.45, 7) is -2.28. The highest BCUT2D eigenvalue weighted by Crippen LogP contribution is 2.22. The number of hydrogen-bond acceptors (Lipinski definition) is 2. The first kappa shape index (κ1) is 13.9. The summed E-state index contributed by atoms with van der Waals surface area (Å²) in [7, 11) is 0. The van der Waals surface area contributed by atoms with Gasteiger partial charge in [0.05, 0.1) is 19.2 Å². The quantitative estimate of drug-likeness (QED) is 0.808. The van der Waals surface area contributed by atoms with E-state index in [1.807, 2.05) is 5.32 Å². The first-order valence-electron chi connectivity index (χ1n) is 4.70. The SMILES string of the molecule is OCC(NCC(F)(F)F)c1c(F)cccc1F. The molecule has 0 aliphatic rings. The average Bonchev–Trinajstić information content (AvgIpc) is 2.21. The van der Waals surface area contributed by atoms with Crippen LogP contribution >= 0.6 is 0 Å².